The summed E-state index contributed by atoms with van der Waals surface area (Å²) >= 11 is 0. The maximum Gasteiger partial charge on any atom is 0.259 e. The number of nitrogens with one attached hydrogen (secondary N) is 2. The van der Waals surface area contributed by atoms with Crippen LogP contribution >= 0.6 is 12.4 Å². The molecule has 0 aliphatic carbocycles. The van der Waals surface area contributed by atoms with E-state index in [0.29, 0.717) is 35.0 Å². The molecular weight excluding hydrogens is 562 g/mol. The molecule has 0 saturated carbocycles. The van der Waals surface area contributed by atoms with Crippen molar-refractivity contribution in [1.29, 1.82) is 0 Å². The Morgan fingerprint density at radius 1 is 0.786 bits per heavy atom. The number of hydrogen-bond donors (Lipinski definition) is 7. The number of piperidine rings is 2. The van der Waals surface area contributed by atoms with Crippen molar-refractivity contribution in [2.24, 2.45) is 0 Å². The van der Waals surface area contributed by atoms with Gasteiger partial charge in [-0.1, -0.05) is 0 Å². The van der Waals surface area contributed by atoms with Gasteiger partial charge in [-0.15, -0.1) is 12.4 Å². The van der Waals surface area contributed by atoms with Gasteiger partial charge in [0.15, 0.2) is 0 Å². The third kappa shape index (κ3) is 9.29. The molecule has 1 amide bonds. The second-order valence-electron chi connectivity index (χ2n) is 9.39. The van der Waals surface area contributed by atoms with Gasteiger partial charge in [0, 0.05) is 49.3 Å². The Morgan fingerprint density at radius 2 is 1.29 bits per heavy atom. The molecule has 2 aromatic carbocycles. The van der Waals surface area contributed by atoms with Gasteiger partial charge in [0.05, 0.1) is 12.7 Å². The van der Waals surface area contributed by atoms with E-state index in [1.165, 1.54) is 18.9 Å². The molecule has 15 heteroatoms. The van der Waals surface area contributed by atoms with Crippen molar-refractivity contribution in [3.05, 3.63) is 48.0 Å². The summed E-state index contributed by atoms with van der Waals surface area (Å²) in [7, 11) is 1.58. The van der Waals surface area contributed by atoms with Crippen LogP contribution in [0.1, 0.15) is 54.6 Å². The second-order valence-corrected chi connectivity index (χ2v) is 9.39. The Hall–Kier alpha value is -3.95. The minimum Gasteiger partial charge on any atom is -0.507 e. The summed E-state index contributed by atoms with van der Waals surface area (Å²) in [5.41, 5.74) is 1.35. The number of hydrogen-bond acceptors (Lipinski definition) is 13. The molecule has 2 aliphatic heterocycles. The van der Waals surface area contributed by atoms with Crippen LogP contribution in [-0.4, -0.2) is 59.3 Å². The molecule has 2 aliphatic rings. The summed E-state index contributed by atoms with van der Waals surface area (Å²) in [6, 6.07) is 11.8. The molecule has 5 rings (SSSR count). The minimum absolute atomic E-state index is 0. The number of halogens is 1. The number of carbonyl (C=O) groups is 1. The highest BCUT2D eigenvalue weighted by atomic mass is 35.5. The van der Waals surface area contributed by atoms with Gasteiger partial charge >= 0.3 is 0 Å². The largest absolute Gasteiger partial charge is 0.507 e. The van der Waals surface area contributed by atoms with E-state index in [1.807, 2.05) is 0 Å². The maximum absolute atomic E-state index is 12.7. The van der Waals surface area contributed by atoms with E-state index in [9.17, 15) is 9.90 Å². The van der Waals surface area contributed by atoms with E-state index in [2.05, 4.69) is 20.4 Å². The number of nitrogens with zero attached hydrogens (tertiary/aromatic N) is 5. The van der Waals surface area contributed by atoms with Crippen molar-refractivity contribution in [2.45, 2.75) is 38.5 Å². The van der Waals surface area contributed by atoms with Crippen LogP contribution < -0.4 is 49.8 Å². The minimum atomic E-state index is -0.408. The lowest BCUT2D eigenvalue weighted by Gasteiger charge is -2.30. The highest BCUT2D eigenvalue weighted by Crippen LogP contribution is 2.27. The van der Waals surface area contributed by atoms with E-state index in [1.54, 1.807) is 43.5 Å². The molecule has 0 atom stereocenters. The first-order valence-corrected chi connectivity index (χ1v) is 12.9. The molecule has 0 unspecified atom stereocenters. The van der Waals surface area contributed by atoms with Crippen molar-refractivity contribution < 1.29 is 20.3 Å². The van der Waals surface area contributed by atoms with Crippen molar-refractivity contribution in [1.82, 2.24) is 39.6 Å². The first kappa shape index (κ1) is 38.0. The van der Waals surface area contributed by atoms with Gasteiger partial charge in [0.2, 0.25) is 17.8 Å². The Kier molecular flexibility index (Phi) is 16.1. The fourth-order valence-corrected chi connectivity index (χ4v) is 4.68. The summed E-state index contributed by atoms with van der Waals surface area (Å²) in [5, 5.41) is 16.6. The number of phenols is 1. The van der Waals surface area contributed by atoms with Gasteiger partial charge in [-0.3, -0.25) is 4.79 Å². The molecule has 242 valence electrons. The standard InChI is InChI=1S/C27H33N7O3.ClH.4H3N.4H2/c1-37-21-11-8-19(9-12-21)28-24(36)22-13-10-20(18-23(22)35)29-25-30-26(33-14-4-2-5-15-33)32-27(31-25)34-16-6-3-7-17-34;;;;;;;;;/h8-13,18,35H,2-7,14-17H2,1H3,(H,28,36)(H,29,30,31,32);1H;4*1H3;4*1H. The highest BCUT2D eigenvalue weighted by molar-refractivity contribution is 6.06. The van der Waals surface area contributed by atoms with Crippen molar-refractivity contribution >= 4 is 47.5 Å². The van der Waals surface area contributed by atoms with Crippen LogP contribution in [0.2, 0.25) is 0 Å². The molecule has 3 heterocycles. The molecule has 3 aromatic rings. The smallest absolute Gasteiger partial charge is 0.259 e. The predicted molar refractivity (Wildman–Crippen MR) is 180 cm³/mol. The number of aromatic hydroxyl groups is 1. The van der Waals surface area contributed by atoms with E-state index in [4.69, 9.17) is 19.7 Å². The molecule has 42 heavy (non-hydrogen) atoms. The van der Waals surface area contributed by atoms with Crippen LogP contribution in [0.25, 0.3) is 0 Å². The summed E-state index contributed by atoms with van der Waals surface area (Å²) in [6.45, 7) is 3.73. The predicted octanol–water partition coefficient (Wildman–Crippen LogP) is 6.62. The number of benzene rings is 2. The van der Waals surface area contributed by atoms with Gasteiger partial charge in [0.1, 0.15) is 11.5 Å². The number of aromatic nitrogens is 3. The number of carbonyl (C=O) groups excluding carboxylic acids is 1. The third-order valence-electron chi connectivity index (χ3n) is 6.74. The summed E-state index contributed by atoms with van der Waals surface area (Å²) in [4.78, 5) is 31.4. The van der Waals surface area contributed by atoms with Crippen LogP contribution in [-0.2, 0) is 0 Å². The molecule has 2 saturated heterocycles. The third-order valence-corrected chi connectivity index (χ3v) is 6.74. The zero-order valence-corrected chi connectivity index (χ0v) is 25.2. The van der Waals surface area contributed by atoms with Crippen LogP contribution in [0, 0.1) is 0 Å². The molecule has 0 bridgehead atoms. The van der Waals surface area contributed by atoms with Crippen LogP contribution in [0.4, 0.5) is 29.2 Å². The van der Waals surface area contributed by atoms with E-state index < -0.39 is 5.91 Å². The number of rotatable bonds is 7. The Morgan fingerprint density at radius 3 is 1.76 bits per heavy atom. The lowest BCUT2D eigenvalue weighted by atomic mass is 10.1. The quantitative estimate of drug-likeness (QED) is 0.147. The van der Waals surface area contributed by atoms with E-state index >= 15 is 0 Å². The van der Waals surface area contributed by atoms with Gasteiger partial charge < -0.3 is 54.9 Å². The Bertz CT molecular complexity index is 1220. The Labute approximate surface area is 259 Å². The van der Waals surface area contributed by atoms with Crippen LogP contribution in [0.5, 0.6) is 11.5 Å². The zero-order valence-electron chi connectivity index (χ0n) is 24.3. The molecule has 0 spiro atoms. The summed E-state index contributed by atoms with van der Waals surface area (Å²) < 4.78 is 5.14. The first-order chi connectivity index (χ1) is 18.1. The number of phenolic OH excluding ortho intramolecular Hbond substituents is 1. The van der Waals surface area contributed by atoms with Crippen molar-refractivity contribution in [3.8, 4) is 11.5 Å². The summed E-state index contributed by atoms with van der Waals surface area (Å²) in [5.74, 6) is 1.93. The monoisotopic (exact) mass is 615 g/mol. The maximum atomic E-state index is 12.7. The summed E-state index contributed by atoms with van der Waals surface area (Å²) in [6.07, 6.45) is 6.96. The normalized spacial score (nSPS) is 13.9. The second kappa shape index (κ2) is 17.8. The highest BCUT2D eigenvalue weighted by Gasteiger charge is 2.21. The van der Waals surface area contributed by atoms with E-state index in [-0.39, 0.29) is 54.0 Å². The van der Waals surface area contributed by atoms with Gasteiger partial charge in [-0.05, 0) is 74.9 Å². The van der Waals surface area contributed by atoms with Crippen LogP contribution in [0.3, 0.4) is 0 Å². The van der Waals surface area contributed by atoms with Gasteiger partial charge in [-0.2, -0.15) is 15.0 Å². The molecular formula is C27H54ClN11O3. The molecule has 14 nitrogen and oxygen atoms in total. The lowest BCUT2D eigenvalue weighted by molar-refractivity contribution is 0.102. The number of ether oxygens (including phenoxy) is 1. The number of amides is 1. The average molecular weight is 616 g/mol. The molecule has 15 N–H and O–H groups in total. The van der Waals surface area contributed by atoms with E-state index in [0.717, 1.165) is 51.9 Å². The Balaban J connectivity index is -0.000000623. The van der Waals surface area contributed by atoms with Crippen LogP contribution in [0.15, 0.2) is 42.5 Å². The first-order valence-electron chi connectivity index (χ1n) is 12.9. The van der Waals surface area contributed by atoms with Crippen molar-refractivity contribution in [2.75, 3.05) is 53.7 Å². The number of anilines is 5. The average Bonchev–Trinajstić information content (AvgIpc) is 2.94. The zero-order chi connectivity index (χ0) is 25.6. The van der Waals surface area contributed by atoms with Crippen molar-refractivity contribution in [3.63, 3.8) is 0 Å². The topological polar surface area (TPSA) is 256 Å². The van der Waals surface area contributed by atoms with Gasteiger partial charge in [-0.25, -0.2) is 0 Å². The molecule has 1 aromatic heterocycles. The SMILES string of the molecule is COc1ccc(NC(=O)c2ccc(Nc3nc(N4CCCCC4)nc(N4CCCCC4)n3)cc2O)cc1.Cl.N.N.N.N.[HH].[HH].[HH].[HH]. The molecule has 2 fully saturated rings. The fourth-order valence-electron chi connectivity index (χ4n) is 4.68. The van der Waals surface area contributed by atoms with Gasteiger partial charge in [0.25, 0.3) is 5.91 Å². The molecule has 0 radical (unpaired) electrons. The number of methoxy groups -OCH3 is 1. The fraction of sp³-hybridized carbons (Fsp3) is 0.407. The lowest BCUT2D eigenvalue weighted by Crippen LogP contribution is -2.34.